The highest BCUT2D eigenvalue weighted by Gasteiger charge is 2.43. The zero-order valence-corrected chi connectivity index (χ0v) is 20.4. The van der Waals surface area contributed by atoms with Gasteiger partial charge in [-0.3, -0.25) is 9.29 Å². The largest absolute Gasteiger partial charge is 0.496 e. The maximum Gasteiger partial charge on any atom is 0.401 e. The van der Waals surface area contributed by atoms with Crippen molar-refractivity contribution in [3.8, 4) is 11.5 Å². The molecular weight excluding hydrogens is 476 g/mol. The van der Waals surface area contributed by atoms with Crippen LogP contribution < -0.4 is 20.5 Å². The number of hydrogen-bond donors (Lipinski definition) is 3. The lowest BCUT2D eigenvalue weighted by molar-refractivity contribution is -0.156. The van der Waals surface area contributed by atoms with E-state index in [4.69, 9.17) is 15.2 Å². The number of ether oxygens (including phenoxy) is 2. The summed E-state index contributed by atoms with van der Waals surface area (Å²) in [5, 5.41) is 4.05. The second-order valence-corrected chi connectivity index (χ2v) is 8.97. The Morgan fingerprint density at radius 2 is 1.89 bits per heavy atom. The molecule has 196 valence electrons. The van der Waals surface area contributed by atoms with E-state index in [1.807, 2.05) is 31.2 Å². The van der Waals surface area contributed by atoms with E-state index in [1.54, 1.807) is 12.1 Å². The second-order valence-electron chi connectivity index (χ2n) is 8.97. The Kier molecular flexibility index (Phi) is 8.07. The van der Waals surface area contributed by atoms with Gasteiger partial charge in [0.25, 0.3) is 0 Å². The molecule has 4 rings (SSSR count). The van der Waals surface area contributed by atoms with Crippen molar-refractivity contribution in [3.05, 3.63) is 58.8 Å². The molecule has 2 heterocycles. The van der Waals surface area contributed by atoms with Crippen LogP contribution in [0.3, 0.4) is 0 Å². The topological polar surface area (TPSA) is 75.5 Å². The van der Waals surface area contributed by atoms with E-state index in [-0.39, 0.29) is 13.1 Å². The molecule has 36 heavy (non-hydrogen) atoms. The Morgan fingerprint density at radius 3 is 2.61 bits per heavy atom. The van der Waals surface area contributed by atoms with E-state index >= 15 is 0 Å². The number of nitrogens with one attached hydrogen (secondary N) is 2. The normalized spacial score (nSPS) is 18.4. The number of aromatic amines is 1. The summed E-state index contributed by atoms with van der Waals surface area (Å²) < 4.78 is 65.1. The number of fused-ring (bicyclic) bond motifs is 3. The first-order valence-corrected chi connectivity index (χ1v) is 12.0. The quantitative estimate of drug-likeness (QED) is 0.276. The molecule has 2 aromatic carbocycles. The second kappa shape index (κ2) is 11.1. The molecule has 4 N–H and O–H groups in total. The fourth-order valence-electron chi connectivity index (χ4n) is 4.99. The van der Waals surface area contributed by atoms with Gasteiger partial charge in [0.2, 0.25) is 0 Å². The highest BCUT2D eigenvalue weighted by atomic mass is 19.4. The van der Waals surface area contributed by atoms with Crippen LogP contribution in [0.2, 0.25) is 0 Å². The third-order valence-corrected chi connectivity index (χ3v) is 6.59. The number of benzene rings is 2. The number of hydrogen-bond acceptors (Lipinski definition) is 5. The van der Waals surface area contributed by atoms with Crippen LogP contribution in [-0.4, -0.2) is 62.3 Å². The van der Waals surface area contributed by atoms with Gasteiger partial charge in [-0.05, 0) is 49.2 Å². The number of nitrogens with two attached hydrogens (primary N) is 1. The SMILES string of the molecule is COc1ccc(OCCNCCCF)c(C)c1[C@@H]1c2[nH]c3ccccc3c2C[C@@H](N)N1CC(F)(F)F. The van der Waals surface area contributed by atoms with Crippen LogP contribution in [0, 0.1) is 6.92 Å². The number of aromatic nitrogens is 1. The number of halogens is 4. The summed E-state index contributed by atoms with van der Waals surface area (Å²) in [5.41, 5.74) is 10.1. The minimum atomic E-state index is -4.44. The van der Waals surface area contributed by atoms with Crippen molar-refractivity contribution in [2.24, 2.45) is 5.73 Å². The third-order valence-electron chi connectivity index (χ3n) is 6.59. The summed E-state index contributed by atoms with van der Waals surface area (Å²) in [5.74, 6) is 0.999. The fraction of sp³-hybridized carbons (Fsp3) is 0.462. The van der Waals surface area contributed by atoms with E-state index < -0.39 is 24.9 Å². The van der Waals surface area contributed by atoms with Crippen molar-refractivity contribution in [3.63, 3.8) is 0 Å². The van der Waals surface area contributed by atoms with Crippen LogP contribution in [-0.2, 0) is 6.42 Å². The summed E-state index contributed by atoms with van der Waals surface area (Å²) in [4.78, 5) is 4.65. The minimum Gasteiger partial charge on any atom is -0.496 e. The standard InChI is InChI=1S/C26H32F4N4O2/c1-16-20(36-13-12-32-11-5-10-27)8-9-21(35-2)23(16)25-24-18(17-6-3-4-7-19(17)33-24)14-22(31)34(25)15-26(28,29)30/h3-4,6-9,22,25,32-33H,5,10-15,31H2,1-2H3/t22-,25+/m0/s1. The first kappa shape index (κ1) is 26.2. The molecule has 0 saturated heterocycles. The molecule has 0 fully saturated rings. The Bertz CT molecular complexity index is 1180. The molecule has 0 unspecified atom stereocenters. The summed E-state index contributed by atoms with van der Waals surface area (Å²) in [6.07, 6.45) is -4.58. The van der Waals surface area contributed by atoms with Crippen LogP contribution in [0.1, 0.15) is 34.8 Å². The first-order chi connectivity index (χ1) is 17.2. The lowest BCUT2D eigenvalue weighted by Gasteiger charge is -2.41. The van der Waals surface area contributed by atoms with Crippen molar-refractivity contribution in [2.75, 3.05) is 40.0 Å². The molecule has 0 radical (unpaired) electrons. The van der Waals surface area contributed by atoms with Crippen molar-refractivity contribution in [1.29, 1.82) is 0 Å². The molecule has 0 spiro atoms. The van der Waals surface area contributed by atoms with Crippen LogP contribution in [0.4, 0.5) is 17.6 Å². The monoisotopic (exact) mass is 508 g/mol. The Morgan fingerprint density at radius 1 is 1.14 bits per heavy atom. The fourth-order valence-corrected chi connectivity index (χ4v) is 4.99. The van der Waals surface area contributed by atoms with Gasteiger partial charge >= 0.3 is 6.18 Å². The van der Waals surface area contributed by atoms with Crippen LogP contribution in [0.25, 0.3) is 10.9 Å². The predicted molar refractivity (Wildman–Crippen MR) is 131 cm³/mol. The Balaban J connectivity index is 1.78. The van der Waals surface area contributed by atoms with Gasteiger partial charge in [0, 0.05) is 35.1 Å². The summed E-state index contributed by atoms with van der Waals surface area (Å²) >= 11 is 0. The minimum absolute atomic E-state index is 0.286. The van der Waals surface area contributed by atoms with Gasteiger partial charge in [0.1, 0.15) is 18.1 Å². The summed E-state index contributed by atoms with van der Waals surface area (Å²) in [7, 11) is 1.50. The molecular formula is C26H32F4N4O2. The number of nitrogens with zero attached hydrogens (tertiary/aromatic N) is 1. The first-order valence-electron chi connectivity index (χ1n) is 12.0. The van der Waals surface area contributed by atoms with E-state index in [1.165, 1.54) is 12.0 Å². The zero-order chi connectivity index (χ0) is 25.9. The molecule has 1 aliphatic rings. The van der Waals surface area contributed by atoms with Gasteiger partial charge < -0.3 is 25.5 Å². The average molecular weight is 509 g/mol. The number of H-pyrrole nitrogens is 1. The Hall–Kier alpha value is -2.82. The van der Waals surface area contributed by atoms with E-state index in [9.17, 15) is 17.6 Å². The molecule has 0 bridgehead atoms. The number of para-hydroxylation sites is 1. The molecule has 0 amide bonds. The van der Waals surface area contributed by atoms with Crippen molar-refractivity contribution < 1.29 is 27.0 Å². The number of methoxy groups -OCH3 is 1. The average Bonchev–Trinajstić information content (AvgIpc) is 3.20. The van der Waals surface area contributed by atoms with Crippen LogP contribution >= 0.6 is 0 Å². The Labute approximate surface area is 207 Å². The molecule has 0 aliphatic carbocycles. The molecule has 6 nitrogen and oxygen atoms in total. The summed E-state index contributed by atoms with van der Waals surface area (Å²) in [6.45, 7) is 1.65. The van der Waals surface area contributed by atoms with Gasteiger partial charge in [0.15, 0.2) is 0 Å². The van der Waals surface area contributed by atoms with Gasteiger partial charge in [-0.1, -0.05) is 18.2 Å². The summed E-state index contributed by atoms with van der Waals surface area (Å²) in [6, 6.07) is 10.3. The molecule has 3 aromatic rings. The van der Waals surface area contributed by atoms with Gasteiger partial charge in [-0.25, -0.2) is 0 Å². The van der Waals surface area contributed by atoms with Gasteiger partial charge in [0.05, 0.1) is 32.5 Å². The maximum atomic E-state index is 13.7. The smallest absolute Gasteiger partial charge is 0.401 e. The molecule has 2 atom stereocenters. The van der Waals surface area contributed by atoms with Gasteiger partial charge in [-0.15, -0.1) is 0 Å². The predicted octanol–water partition coefficient (Wildman–Crippen LogP) is 4.61. The van der Waals surface area contributed by atoms with Gasteiger partial charge in [-0.2, -0.15) is 13.2 Å². The van der Waals surface area contributed by atoms with E-state index in [0.29, 0.717) is 54.4 Å². The maximum absolute atomic E-state index is 13.7. The van der Waals surface area contributed by atoms with Crippen molar-refractivity contribution in [2.45, 2.75) is 38.1 Å². The lowest BCUT2D eigenvalue weighted by atomic mass is 9.88. The number of rotatable bonds is 10. The number of alkyl halides is 4. The molecule has 10 heteroatoms. The molecule has 0 saturated carbocycles. The van der Waals surface area contributed by atoms with E-state index in [2.05, 4.69) is 10.3 Å². The van der Waals surface area contributed by atoms with Crippen LogP contribution in [0.15, 0.2) is 36.4 Å². The lowest BCUT2D eigenvalue weighted by Crippen LogP contribution is -2.52. The molecule has 1 aliphatic heterocycles. The van der Waals surface area contributed by atoms with E-state index in [0.717, 1.165) is 16.5 Å². The molecule has 1 aromatic heterocycles. The van der Waals surface area contributed by atoms with Crippen molar-refractivity contribution in [1.82, 2.24) is 15.2 Å². The zero-order valence-electron chi connectivity index (χ0n) is 20.4. The van der Waals surface area contributed by atoms with Crippen molar-refractivity contribution >= 4 is 10.9 Å². The highest BCUT2D eigenvalue weighted by molar-refractivity contribution is 5.85. The highest BCUT2D eigenvalue weighted by Crippen LogP contribution is 2.46. The third kappa shape index (κ3) is 5.45. The van der Waals surface area contributed by atoms with Crippen LogP contribution in [0.5, 0.6) is 11.5 Å².